The lowest BCUT2D eigenvalue weighted by molar-refractivity contribution is -0.525. The molecule has 4 unspecified atom stereocenters. The lowest BCUT2D eigenvalue weighted by Gasteiger charge is -2.36. The molecule has 1 amide bonds. The highest BCUT2D eigenvalue weighted by atomic mass is 16.7. The molecule has 0 aromatic heterocycles. The summed E-state index contributed by atoms with van der Waals surface area (Å²) in [6.45, 7) is 0.731. The standard InChI is InChI=1S/C12H25N7O3/c13-4-3-9(11(15)20)7-1-2-8(10(14)5-7)6-17-12(16)18-19(21)22/h7-10H,1-6,13-14H2,(H2,15,20)(H3,16,17,18). The van der Waals surface area contributed by atoms with E-state index in [4.69, 9.17) is 22.9 Å². The zero-order valence-electron chi connectivity index (χ0n) is 12.5. The SMILES string of the molecule is NCCC(C(N)=O)C1CCC(CN=C(N)N[N+](=O)[O-])C(N)C1. The Balaban J connectivity index is 2.55. The van der Waals surface area contributed by atoms with E-state index in [2.05, 4.69) is 4.99 Å². The van der Waals surface area contributed by atoms with Crippen molar-refractivity contribution in [3.8, 4) is 0 Å². The molecule has 10 heteroatoms. The summed E-state index contributed by atoms with van der Waals surface area (Å²) in [5, 5.41) is 9.46. The monoisotopic (exact) mass is 315 g/mol. The van der Waals surface area contributed by atoms with Gasteiger partial charge in [0.2, 0.25) is 5.91 Å². The van der Waals surface area contributed by atoms with Gasteiger partial charge in [-0.1, -0.05) is 5.43 Å². The van der Waals surface area contributed by atoms with E-state index in [-0.39, 0.29) is 35.7 Å². The first-order chi connectivity index (χ1) is 10.3. The van der Waals surface area contributed by atoms with Crippen LogP contribution in [-0.2, 0) is 4.79 Å². The zero-order valence-corrected chi connectivity index (χ0v) is 12.5. The normalized spacial score (nSPS) is 27.2. The van der Waals surface area contributed by atoms with Gasteiger partial charge in [-0.05, 0) is 44.1 Å². The summed E-state index contributed by atoms with van der Waals surface area (Å²) in [4.78, 5) is 25.7. The van der Waals surface area contributed by atoms with Gasteiger partial charge in [0.25, 0.3) is 5.96 Å². The third kappa shape index (κ3) is 5.45. The topological polar surface area (TPSA) is 189 Å². The van der Waals surface area contributed by atoms with Crippen molar-refractivity contribution in [2.24, 2.45) is 45.7 Å². The van der Waals surface area contributed by atoms with Crippen LogP contribution in [0.1, 0.15) is 25.7 Å². The molecule has 22 heavy (non-hydrogen) atoms. The molecule has 0 radical (unpaired) electrons. The number of hydrogen-bond donors (Lipinski definition) is 5. The highest BCUT2D eigenvalue weighted by Gasteiger charge is 2.34. The van der Waals surface area contributed by atoms with Crippen molar-refractivity contribution in [2.45, 2.75) is 31.7 Å². The molecule has 0 aliphatic heterocycles. The molecule has 0 saturated heterocycles. The van der Waals surface area contributed by atoms with Gasteiger partial charge in [-0.15, -0.1) is 0 Å². The third-order valence-corrected chi connectivity index (χ3v) is 4.20. The highest BCUT2D eigenvalue weighted by Crippen LogP contribution is 2.34. The molecule has 1 saturated carbocycles. The number of primary amides is 1. The number of rotatable bonds is 7. The quantitative estimate of drug-likeness (QED) is 0.160. The van der Waals surface area contributed by atoms with Crippen molar-refractivity contribution >= 4 is 11.9 Å². The summed E-state index contributed by atoms with van der Waals surface area (Å²) in [6, 6.07) is -0.148. The maximum absolute atomic E-state index is 11.5. The Morgan fingerprint density at radius 2 is 2.09 bits per heavy atom. The molecular formula is C12H25N7O3. The number of guanidine groups is 1. The molecule has 0 spiro atoms. The molecule has 0 heterocycles. The van der Waals surface area contributed by atoms with E-state index in [0.717, 1.165) is 12.8 Å². The minimum absolute atomic E-state index is 0.0785. The van der Waals surface area contributed by atoms with Crippen molar-refractivity contribution in [1.29, 1.82) is 0 Å². The number of nitro groups is 1. The first kappa shape index (κ1) is 18.1. The lowest BCUT2D eigenvalue weighted by atomic mass is 9.72. The van der Waals surface area contributed by atoms with Crippen molar-refractivity contribution in [3.05, 3.63) is 10.1 Å². The smallest absolute Gasteiger partial charge is 0.251 e. The Bertz CT molecular complexity index is 429. The van der Waals surface area contributed by atoms with Crippen LogP contribution >= 0.6 is 0 Å². The number of hydrazine groups is 1. The number of hydrogen-bond acceptors (Lipinski definition) is 6. The van der Waals surface area contributed by atoms with Crippen LogP contribution < -0.4 is 28.4 Å². The second-order valence-corrected chi connectivity index (χ2v) is 5.68. The van der Waals surface area contributed by atoms with Crippen LogP contribution in [0.2, 0.25) is 0 Å². The fourth-order valence-corrected chi connectivity index (χ4v) is 3.03. The summed E-state index contributed by atoms with van der Waals surface area (Å²) in [5.41, 5.74) is 24.3. The Kier molecular flexibility index (Phi) is 6.99. The van der Waals surface area contributed by atoms with Gasteiger partial charge in [0.05, 0.1) is 0 Å². The fourth-order valence-electron chi connectivity index (χ4n) is 3.03. The summed E-state index contributed by atoms with van der Waals surface area (Å²) in [5.74, 6) is -0.613. The molecule has 1 rings (SSSR count). The van der Waals surface area contributed by atoms with E-state index in [1.165, 1.54) is 0 Å². The van der Waals surface area contributed by atoms with Gasteiger partial charge in [0.15, 0.2) is 5.03 Å². The average Bonchev–Trinajstić information content (AvgIpc) is 2.42. The highest BCUT2D eigenvalue weighted by molar-refractivity contribution is 5.77. The van der Waals surface area contributed by atoms with E-state index in [1.54, 1.807) is 5.43 Å². The van der Waals surface area contributed by atoms with Crippen molar-refractivity contribution < 1.29 is 9.83 Å². The molecule has 1 aliphatic carbocycles. The van der Waals surface area contributed by atoms with E-state index >= 15 is 0 Å². The summed E-state index contributed by atoms with van der Waals surface area (Å²) in [7, 11) is 0. The number of nitrogens with one attached hydrogen (secondary N) is 1. The number of amides is 1. The number of aliphatic imine (C=N–C) groups is 1. The van der Waals surface area contributed by atoms with Crippen molar-refractivity contribution in [2.75, 3.05) is 13.1 Å². The number of carbonyl (C=O) groups excluding carboxylic acids is 1. The minimum Gasteiger partial charge on any atom is -0.369 e. The maximum atomic E-state index is 11.5. The molecular weight excluding hydrogens is 290 g/mol. The number of carbonyl (C=O) groups is 1. The molecule has 4 atom stereocenters. The van der Waals surface area contributed by atoms with Crippen LogP contribution in [0.4, 0.5) is 0 Å². The van der Waals surface area contributed by atoms with Crippen LogP contribution in [0, 0.1) is 27.9 Å². The van der Waals surface area contributed by atoms with E-state index in [9.17, 15) is 14.9 Å². The summed E-state index contributed by atoms with van der Waals surface area (Å²) < 4.78 is 0. The predicted octanol–water partition coefficient (Wildman–Crippen LogP) is -1.72. The van der Waals surface area contributed by atoms with Crippen LogP contribution in [0.25, 0.3) is 0 Å². The molecule has 0 bridgehead atoms. The van der Waals surface area contributed by atoms with E-state index in [0.29, 0.717) is 25.9 Å². The fraction of sp³-hybridized carbons (Fsp3) is 0.833. The molecule has 126 valence electrons. The largest absolute Gasteiger partial charge is 0.369 e. The Morgan fingerprint density at radius 1 is 1.41 bits per heavy atom. The van der Waals surface area contributed by atoms with Gasteiger partial charge in [-0.2, -0.15) is 0 Å². The summed E-state index contributed by atoms with van der Waals surface area (Å²) in [6.07, 6.45) is 2.81. The molecule has 0 aromatic carbocycles. The van der Waals surface area contributed by atoms with E-state index in [1.807, 2.05) is 0 Å². The molecule has 10 nitrogen and oxygen atoms in total. The van der Waals surface area contributed by atoms with Gasteiger partial charge in [-0.25, -0.2) is 15.1 Å². The van der Waals surface area contributed by atoms with Gasteiger partial charge in [-0.3, -0.25) is 4.79 Å². The maximum Gasteiger partial charge on any atom is 0.251 e. The zero-order chi connectivity index (χ0) is 16.7. The lowest BCUT2D eigenvalue weighted by Crippen LogP contribution is -2.43. The Labute approximate surface area is 128 Å². The van der Waals surface area contributed by atoms with Gasteiger partial charge >= 0.3 is 0 Å². The van der Waals surface area contributed by atoms with Crippen LogP contribution in [0.5, 0.6) is 0 Å². The molecule has 9 N–H and O–H groups in total. The van der Waals surface area contributed by atoms with Gasteiger partial charge < -0.3 is 22.9 Å². The second kappa shape index (κ2) is 8.49. The van der Waals surface area contributed by atoms with Crippen LogP contribution in [0.15, 0.2) is 4.99 Å². The second-order valence-electron chi connectivity index (χ2n) is 5.68. The van der Waals surface area contributed by atoms with E-state index < -0.39 is 5.03 Å². The third-order valence-electron chi connectivity index (χ3n) is 4.20. The number of nitrogens with two attached hydrogens (primary N) is 4. The Hall–Kier alpha value is -1.94. The van der Waals surface area contributed by atoms with Crippen LogP contribution in [0.3, 0.4) is 0 Å². The minimum atomic E-state index is -0.764. The number of nitrogens with zero attached hydrogens (tertiary/aromatic N) is 2. The first-order valence-corrected chi connectivity index (χ1v) is 7.31. The van der Waals surface area contributed by atoms with Crippen molar-refractivity contribution in [1.82, 2.24) is 5.43 Å². The van der Waals surface area contributed by atoms with Gasteiger partial charge in [0, 0.05) is 18.5 Å². The first-order valence-electron chi connectivity index (χ1n) is 7.31. The van der Waals surface area contributed by atoms with Gasteiger partial charge in [0.1, 0.15) is 0 Å². The molecule has 1 aliphatic rings. The average molecular weight is 315 g/mol. The Morgan fingerprint density at radius 3 is 2.59 bits per heavy atom. The van der Waals surface area contributed by atoms with Crippen molar-refractivity contribution in [3.63, 3.8) is 0 Å². The summed E-state index contributed by atoms with van der Waals surface area (Å²) >= 11 is 0. The van der Waals surface area contributed by atoms with Crippen LogP contribution in [-0.4, -0.2) is 36.0 Å². The molecule has 0 aromatic rings. The molecule has 1 fully saturated rings. The predicted molar refractivity (Wildman–Crippen MR) is 81.8 cm³/mol.